The molecule has 0 amide bonds. The number of ketones is 1. The van der Waals surface area contributed by atoms with Crippen molar-refractivity contribution in [3.8, 4) is 0 Å². The van der Waals surface area contributed by atoms with Gasteiger partial charge in [0.1, 0.15) is 0 Å². The maximum Gasteiger partial charge on any atom is 0.305 e. The first-order valence-corrected chi connectivity index (χ1v) is 6.14. The van der Waals surface area contributed by atoms with Gasteiger partial charge in [0.25, 0.3) is 0 Å². The topological polar surface area (TPSA) is 55.4 Å². The van der Waals surface area contributed by atoms with Crippen molar-refractivity contribution in [3.63, 3.8) is 0 Å². The Labute approximate surface area is 107 Å². The van der Waals surface area contributed by atoms with Crippen LogP contribution in [0.1, 0.15) is 37.0 Å². The van der Waals surface area contributed by atoms with Gasteiger partial charge in [0.05, 0.1) is 6.61 Å². The molecule has 1 aromatic carbocycles. The Bertz CT molecular complexity index is 398. The van der Waals surface area contributed by atoms with Crippen LogP contribution in [0.4, 0.5) is 5.69 Å². The Balaban J connectivity index is 2.27. The van der Waals surface area contributed by atoms with Gasteiger partial charge in [-0.1, -0.05) is 0 Å². The fraction of sp³-hybridized carbons (Fsp3) is 0.429. The number of carbonyl (C=O) groups is 2. The van der Waals surface area contributed by atoms with Crippen molar-refractivity contribution in [3.05, 3.63) is 29.8 Å². The van der Waals surface area contributed by atoms with Gasteiger partial charge in [-0.2, -0.15) is 0 Å². The number of anilines is 1. The van der Waals surface area contributed by atoms with Crippen LogP contribution in [0.25, 0.3) is 0 Å². The van der Waals surface area contributed by atoms with Crippen LogP contribution in [-0.4, -0.2) is 24.9 Å². The molecule has 0 aliphatic heterocycles. The van der Waals surface area contributed by atoms with Gasteiger partial charge in [0.15, 0.2) is 5.78 Å². The zero-order valence-electron chi connectivity index (χ0n) is 10.9. The van der Waals surface area contributed by atoms with E-state index in [0.717, 1.165) is 12.1 Å². The summed E-state index contributed by atoms with van der Waals surface area (Å²) in [5.41, 5.74) is 1.65. The first-order valence-electron chi connectivity index (χ1n) is 6.14. The van der Waals surface area contributed by atoms with Gasteiger partial charge >= 0.3 is 5.97 Å². The lowest BCUT2D eigenvalue weighted by molar-refractivity contribution is -0.143. The highest BCUT2D eigenvalue weighted by Gasteiger charge is 2.01. The SMILES string of the molecule is CCOC(=O)CCCNc1ccc(C(C)=O)cc1. The zero-order chi connectivity index (χ0) is 13.4. The highest BCUT2D eigenvalue weighted by molar-refractivity contribution is 5.94. The summed E-state index contributed by atoms with van der Waals surface area (Å²) in [5.74, 6) is -0.102. The number of hydrogen-bond acceptors (Lipinski definition) is 4. The molecule has 0 fully saturated rings. The lowest BCUT2D eigenvalue weighted by Crippen LogP contribution is -2.08. The third-order valence-corrected chi connectivity index (χ3v) is 2.48. The van der Waals surface area contributed by atoms with E-state index in [4.69, 9.17) is 4.74 Å². The average molecular weight is 249 g/mol. The molecule has 0 aromatic heterocycles. The summed E-state index contributed by atoms with van der Waals surface area (Å²) in [5, 5.41) is 3.19. The molecule has 0 heterocycles. The summed E-state index contributed by atoms with van der Waals surface area (Å²) in [6.45, 7) is 4.48. The first kappa shape index (κ1) is 14.2. The number of ether oxygens (including phenoxy) is 1. The second-order valence-electron chi connectivity index (χ2n) is 3.97. The molecule has 0 bridgehead atoms. The third kappa shape index (κ3) is 4.99. The minimum Gasteiger partial charge on any atom is -0.466 e. The Kier molecular flexibility index (Phi) is 5.91. The smallest absolute Gasteiger partial charge is 0.305 e. The molecule has 0 atom stereocenters. The van der Waals surface area contributed by atoms with E-state index in [1.54, 1.807) is 26.0 Å². The standard InChI is InChI=1S/C14H19NO3/c1-3-18-14(17)5-4-10-15-13-8-6-12(7-9-13)11(2)16/h6-9,15H,3-5,10H2,1-2H3. The lowest BCUT2D eigenvalue weighted by atomic mass is 10.1. The Morgan fingerprint density at radius 3 is 2.44 bits per heavy atom. The van der Waals surface area contributed by atoms with Crippen LogP contribution in [-0.2, 0) is 9.53 Å². The second kappa shape index (κ2) is 7.48. The van der Waals surface area contributed by atoms with Crippen molar-refractivity contribution in [1.82, 2.24) is 0 Å². The highest BCUT2D eigenvalue weighted by Crippen LogP contribution is 2.10. The molecule has 4 heteroatoms. The number of benzene rings is 1. The first-order chi connectivity index (χ1) is 8.63. The molecule has 18 heavy (non-hydrogen) atoms. The molecule has 0 saturated heterocycles. The number of Topliss-reactive ketones (excluding diaryl/α,β-unsaturated/α-hetero) is 1. The Hall–Kier alpha value is -1.84. The normalized spacial score (nSPS) is 9.89. The van der Waals surface area contributed by atoms with E-state index in [0.29, 0.717) is 25.1 Å². The van der Waals surface area contributed by atoms with Crippen LogP contribution in [0.5, 0.6) is 0 Å². The van der Waals surface area contributed by atoms with E-state index >= 15 is 0 Å². The number of hydrogen-bond donors (Lipinski definition) is 1. The van der Waals surface area contributed by atoms with E-state index in [9.17, 15) is 9.59 Å². The molecule has 1 rings (SSSR count). The van der Waals surface area contributed by atoms with Crippen molar-refractivity contribution < 1.29 is 14.3 Å². The van der Waals surface area contributed by atoms with E-state index in [-0.39, 0.29) is 11.8 Å². The number of rotatable bonds is 7. The maximum absolute atomic E-state index is 11.1. The van der Waals surface area contributed by atoms with E-state index in [1.807, 2.05) is 12.1 Å². The van der Waals surface area contributed by atoms with Gasteiger partial charge in [0.2, 0.25) is 0 Å². The van der Waals surface area contributed by atoms with Crippen LogP contribution in [0.3, 0.4) is 0 Å². The largest absolute Gasteiger partial charge is 0.466 e. The fourth-order valence-electron chi connectivity index (χ4n) is 1.52. The summed E-state index contributed by atoms with van der Waals surface area (Å²) in [7, 11) is 0. The minimum absolute atomic E-state index is 0.0591. The van der Waals surface area contributed by atoms with Crippen LogP contribution in [0, 0.1) is 0 Å². The van der Waals surface area contributed by atoms with Crippen LogP contribution in [0.15, 0.2) is 24.3 Å². The predicted octanol–water partition coefficient (Wildman–Crippen LogP) is 2.64. The average Bonchev–Trinajstić information content (AvgIpc) is 2.35. The van der Waals surface area contributed by atoms with Gasteiger partial charge in [-0.15, -0.1) is 0 Å². The van der Waals surface area contributed by atoms with Crippen molar-refractivity contribution in [1.29, 1.82) is 0 Å². The maximum atomic E-state index is 11.1. The van der Waals surface area contributed by atoms with E-state index < -0.39 is 0 Å². The number of carbonyl (C=O) groups excluding carboxylic acids is 2. The molecule has 0 aliphatic rings. The van der Waals surface area contributed by atoms with E-state index in [2.05, 4.69) is 5.32 Å². The van der Waals surface area contributed by atoms with Gasteiger partial charge < -0.3 is 10.1 Å². The lowest BCUT2D eigenvalue weighted by Gasteiger charge is -2.06. The molecule has 0 radical (unpaired) electrons. The summed E-state index contributed by atoms with van der Waals surface area (Å²) < 4.78 is 4.83. The highest BCUT2D eigenvalue weighted by atomic mass is 16.5. The molecule has 0 unspecified atom stereocenters. The monoisotopic (exact) mass is 249 g/mol. The molecule has 1 aromatic rings. The Morgan fingerprint density at radius 2 is 1.89 bits per heavy atom. The summed E-state index contributed by atoms with van der Waals surface area (Å²) >= 11 is 0. The van der Waals surface area contributed by atoms with Crippen molar-refractivity contribution >= 4 is 17.4 Å². The van der Waals surface area contributed by atoms with Gasteiger partial charge in [0, 0.05) is 24.2 Å². The van der Waals surface area contributed by atoms with Gasteiger partial charge in [-0.3, -0.25) is 9.59 Å². The fourth-order valence-corrected chi connectivity index (χ4v) is 1.52. The quantitative estimate of drug-likeness (QED) is 0.458. The summed E-state index contributed by atoms with van der Waals surface area (Å²) in [6, 6.07) is 7.30. The summed E-state index contributed by atoms with van der Waals surface area (Å²) in [4.78, 5) is 22.2. The second-order valence-corrected chi connectivity index (χ2v) is 3.97. The molecule has 0 saturated carbocycles. The molecule has 4 nitrogen and oxygen atoms in total. The van der Waals surface area contributed by atoms with Gasteiger partial charge in [-0.05, 0) is 44.5 Å². The molecule has 1 N–H and O–H groups in total. The van der Waals surface area contributed by atoms with Crippen LogP contribution < -0.4 is 5.32 Å². The van der Waals surface area contributed by atoms with Crippen molar-refractivity contribution in [2.45, 2.75) is 26.7 Å². The van der Waals surface area contributed by atoms with Crippen molar-refractivity contribution in [2.24, 2.45) is 0 Å². The predicted molar refractivity (Wildman–Crippen MR) is 70.8 cm³/mol. The third-order valence-electron chi connectivity index (χ3n) is 2.48. The number of esters is 1. The van der Waals surface area contributed by atoms with E-state index in [1.165, 1.54) is 0 Å². The van der Waals surface area contributed by atoms with Gasteiger partial charge in [-0.25, -0.2) is 0 Å². The summed E-state index contributed by atoms with van der Waals surface area (Å²) in [6.07, 6.45) is 1.15. The van der Waals surface area contributed by atoms with Crippen molar-refractivity contribution in [2.75, 3.05) is 18.5 Å². The number of nitrogens with one attached hydrogen (secondary N) is 1. The zero-order valence-corrected chi connectivity index (χ0v) is 10.9. The molecule has 98 valence electrons. The minimum atomic E-state index is -0.161. The molecule has 0 spiro atoms. The van der Waals surface area contributed by atoms with Crippen LogP contribution in [0.2, 0.25) is 0 Å². The molecule has 0 aliphatic carbocycles. The molecular formula is C14H19NO3. The Morgan fingerprint density at radius 1 is 1.22 bits per heavy atom. The molecular weight excluding hydrogens is 230 g/mol. The van der Waals surface area contributed by atoms with Crippen LogP contribution >= 0.6 is 0 Å².